The van der Waals surface area contributed by atoms with Crippen LogP contribution in [0.5, 0.6) is 11.5 Å². The summed E-state index contributed by atoms with van der Waals surface area (Å²) in [4.78, 5) is 0. The summed E-state index contributed by atoms with van der Waals surface area (Å²) in [7, 11) is 0. The van der Waals surface area contributed by atoms with Gasteiger partial charge in [0.15, 0.2) is 11.5 Å². The van der Waals surface area contributed by atoms with Gasteiger partial charge in [-0.3, -0.25) is 0 Å². The van der Waals surface area contributed by atoms with Crippen LogP contribution in [0.15, 0.2) is 24.3 Å². The zero-order valence-corrected chi connectivity index (χ0v) is 10.6. The normalized spacial score (nSPS) is 26.3. The number of benzene rings is 1. The molecule has 1 heterocycles. The van der Waals surface area contributed by atoms with E-state index in [1.807, 2.05) is 18.2 Å². The largest absolute Gasteiger partial charge is 0.504 e. The van der Waals surface area contributed by atoms with Crippen molar-refractivity contribution in [3.05, 3.63) is 24.3 Å². The highest BCUT2D eigenvalue weighted by atomic mass is 16.5. The number of ether oxygens (including phenoxy) is 2. The lowest BCUT2D eigenvalue weighted by Crippen LogP contribution is -2.41. The summed E-state index contributed by atoms with van der Waals surface area (Å²) in [6.07, 6.45) is 6.90. The Labute approximate surface area is 108 Å². The Balaban J connectivity index is 1.68. The number of aromatic hydroxyl groups is 1. The molecule has 1 saturated carbocycles. The van der Waals surface area contributed by atoms with Crippen molar-refractivity contribution in [1.29, 1.82) is 0 Å². The average molecular weight is 248 g/mol. The Kier molecular flexibility index (Phi) is 3.16. The van der Waals surface area contributed by atoms with Gasteiger partial charge in [0.2, 0.25) is 0 Å². The van der Waals surface area contributed by atoms with E-state index < -0.39 is 0 Å². The van der Waals surface area contributed by atoms with E-state index in [1.165, 1.54) is 12.8 Å². The van der Waals surface area contributed by atoms with E-state index in [9.17, 15) is 5.11 Å². The summed E-state index contributed by atoms with van der Waals surface area (Å²) in [6.45, 7) is 0.776. The molecule has 0 bridgehead atoms. The molecule has 1 aliphatic heterocycles. The van der Waals surface area contributed by atoms with Gasteiger partial charge in [0.25, 0.3) is 0 Å². The van der Waals surface area contributed by atoms with Gasteiger partial charge in [-0.05, 0) is 25.0 Å². The molecule has 3 rings (SSSR count). The van der Waals surface area contributed by atoms with E-state index in [4.69, 9.17) is 9.47 Å². The van der Waals surface area contributed by atoms with Crippen LogP contribution in [0.3, 0.4) is 0 Å². The Morgan fingerprint density at radius 2 is 2.00 bits per heavy atom. The van der Waals surface area contributed by atoms with Crippen molar-refractivity contribution >= 4 is 0 Å². The third-order valence-electron chi connectivity index (χ3n) is 4.12. The maximum atomic E-state index is 9.74. The molecule has 1 spiro atoms. The fourth-order valence-corrected chi connectivity index (χ4v) is 3.19. The second-order valence-corrected chi connectivity index (χ2v) is 5.44. The van der Waals surface area contributed by atoms with Crippen LogP contribution in [0.2, 0.25) is 0 Å². The first kappa shape index (κ1) is 11.8. The maximum absolute atomic E-state index is 9.74. The van der Waals surface area contributed by atoms with Gasteiger partial charge in [0.05, 0.1) is 12.2 Å². The number of rotatable bonds is 2. The fraction of sp³-hybridized carbons (Fsp3) is 0.600. The lowest BCUT2D eigenvalue weighted by atomic mass is 9.90. The van der Waals surface area contributed by atoms with E-state index in [0.717, 1.165) is 32.3 Å². The van der Waals surface area contributed by atoms with Gasteiger partial charge >= 0.3 is 0 Å². The summed E-state index contributed by atoms with van der Waals surface area (Å²) in [5, 5.41) is 9.74. The van der Waals surface area contributed by atoms with E-state index in [-0.39, 0.29) is 17.5 Å². The molecule has 0 amide bonds. The fourth-order valence-electron chi connectivity index (χ4n) is 3.19. The number of hydrogen-bond acceptors (Lipinski definition) is 3. The monoisotopic (exact) mass is 248 g/mol. The number of para-hydroxylation sites is 2. The topological polar surface area (TPSA) is 38.7 Å². The summed E-state index contributed by atoms with van der Waals surface area (Å²) in [5.74, 6) is 0.821. The van der Waals surface area contributed by atoms with Crippen LogP contribution in [0, 0.1) is 0 Å². The second-order valence-electron chi connectivity index (χ2n) is 5.44. The molecule has 1 aliphatic carbocycles. The summed E-state index contributed by atoms with van der Waals surface area (Å²) >= 11 is 0. The van der Waals surface area contributed by atoms with Crippen LogP contribution in [0.4, 0.5) is 0 Å². The standard InChI is InChI=1S/C15H20O3/c16-13-5-1-2-6-14(13)18-12-7-10-17-15(11-12)8-3-4-9-15/h1-2,5-6,12,16H,3-4,7-11H2. The summed E-state index contributed by atoms with van der Waals surface area (Å²) in [5.41, 5.74) is 0.0628. The molecule has 1 N–H and O–H groups in total. The van der Waals surface area contributed by atoms with Crippen molar-refractivity contribution in [2.45, 2.75) is 50.2 Å². The molecule has 0 radical (unpaired) electrons. The Hall–Kier alpha value is -1.22. The quantitative estimate of drug-likeness (QED) is 0.873. The van der Waals surface area contributed by atoms with Crippen molar-refractivity contribution in [3.8, 4) is 11.5 Å². The Morgan fingerprint density at radius 1 is 1.22 bits per heavy atom. The SMILES string of the molecule is Oc1ccccc1OC1CCOC2(CCCC2)C1. The molecule has 1 atom stereocenters. The van der Waals surface area contributed by atoms with E-state index in [0.29, 0.717) is 5.75 Å². The van der Waals surface area contributed by atoms with Gasteiger partial charge in [-0.2, -0.15) is 0 Å². The van der Waals surface area contributed by atoms with E-state index in [2.05, 4.69) is 0 Å². The second kappa shape index (κ2) is 4.81. The molecular weight excluding hydrogens is 228 g/mol. The molecule has 3 nitrogen and oxygen atoms in total. The molecule has 2 fully saturated rings. The van der Waals surface area contributed by atoms with Crippen LogP contribution in [-0.2, 0) is 4.74 Å². The third kappa shape index (κ3) is 2.32. The smallest absolute Gasteiger partial charge is 0.161 e. The zero-order chi connectivity index (χ0) is 12.4. The summed E-state index contributed by atoms with van der Waals surface area (Å²) in [6, 6.07) is 7.19. The van der Waals surface area contributed by atoms with Gasteiger partial charge in [-0.25, -0.2) is 0 Å². The van der Waals surface area contributed by atoms with E-state index in [1.54, 1.807) is 6.07 Å². The number of hydrogen-bond donors (Lipinski definition) is 1. The van der Waals surface area contributed by atoms with Crippen LogP contribution in [0.25, 0.3) is 0 Å². The molecule has 18 heavy (non-hydrogen) atoms. The Bertz CT molecular complexity index is 410. The van der Waals surface area contributed by atoms with E-state index >= 15 is 0 Å². The molecule has 1 aromatic carbocycles. The first-order chi connectivity index (χ1) is 8.77. The van der Waals surface area contributed by atoms with Crippen molar-refractivity contribution in [1.82, 2.24) is 0 Å². The molecule has 1 unspecified atom stereocenters. The molecule has 1 aromatic rings. The van der Waals surface area contributed by atoms with Crippen molar-refractivity contribution in [3.63, 3.8) is 0 Å². The van der Waals surface area contributed by atoms with Crippen LogP contribution in [-0.4, -0.2) is 23.4 Å². The van der Waals surface area contributed by atoms with Gasteiger partial charge in [-0.15, -0.1) is 0 Å². The minimum atomic E-state index is 0.0628. The van der Waals surface area contributed by atoms with Crippen LogP contribution < -0.4 is 4.74 Å². The molecule has 3 heteroatoms. The predicted molar refractivity (Wildman–Crippen MR) is 68.9 cm³/mol. The molecule has 1 saturated heterocycles. The Morgan fingerprint density at radius 3 is 2.78 bits per heavy atom. The van der Waals surface area contributed by atoms with Gasteiger partial charge in [0, 0.05) is 12.8 Å². The van der Waals surface area contributed by atoms with Gasteiger partial charge in [0.1, 0.15) is 6.10 Å². The molecule has 0 aromatic heterocycles. The minimum Gasteiger partial charge on any atom is -0.504 e. The molecule has 98 valence electrons. The lowest BCUT2D eigenvalue weighted by Gasteiger charge is -2.38. The van der Waals surface area contributed by atoms with Gasteiger partial charge < -0.3 is 14.6 Å². The molecule has 2 aliphatic rings. The number of phenolic OH excluding ortho intramolecular Hbond substituents is 1. The van der Waals surface area contributed by atoms with Crippen LogP contribution in [0.1, 0.15) is 38.5 Å². The van der Waals surface area contributed by atoms with Crippen molar-refractivity contribution in [2.75, 3.05) is 6.61 Å². The minimum absolute atomic E-state index is 0.0628. The van der Waals surface area contributed by atoms with Crippen molar-refractivity contribution < 1.29 is 14.6 Å². The van der Waals surface area contributed by atoms with Gasteiger partial charge in [-0.1, -0.05) is 25.0 Å². The maximum Gasteiger partial charge on any atom is 0.161 e. The number of phenols is 1. The average Bonchev–Trinajstić information content (AvgIpc) is 2.80. The molecular formula is C15H20O3. The van der Waals surface area contributed by atoms with Crippen molar-refractivity contribution in [2.24, 2.45) is 0 Å². The highest BCUT2D eigenvalue weighted by Gasteiger charge is 2.40. The lowest BCUT2D eigenvalue weighted by molar-refractivity contribution is -0.108. The predicted octanol–water partition coefficient (Wildman–Crippen LogP) is 3.26. The first-order valence-corrected chi connectivity index (χ1v) is 6.86. The highest BCUT2D eigenvalue weighted by molar-refractivity contribution is 5.38. The third-order valence-corrected chi connectivity index (χ3v) is 4.12. The zero-order valence-electron chi connectivity index (χ0n) is 10.6. The highest BCUT2D eigenvalue weighted by Crippen LogP contribution is 2.41. The summed E-state index contributed by atoms with van der Waals surface area (Å²) < 4.78 is 11.9. The van der Waals surface area contributed by atoms with Crippen LogP contribution >= 0.6 is 0 Å². The first-order valence-electron chi connectivity index (χ1n) is 6.86.